The summed E-state index contributed by atoms with van der Waals surface area (Å²) < 4.78 is 38.6. The van der Waals surface area contributed by atoms with Crippen molar-refractivity contribution in [3.63, 3.8) is 0 Å². The molecule has 0 saturated carbocycles. The number of hydrogen-bond donors (Lipinski definition) is 2. The van der Waals surface area contributed by atoms with Gasteiger partial charge < -0.3 is 25.1 Å². The first kappa shape index (κ1) is 24.9. The van der Waals surface area contributed by atoms with Crippen LogP contribution in [0.15, 0.2) is 30.5 Å². The van der Waals surface area contributed by atoms with Crippen molar-refractivity contribution in [3.8, 4) is 0 Å². The topological polar surface area (TPSA) is 132 Å². The normalized spacial score (nSPS) is 19.5. The molecule has 11 heteroatoms. The van der Waals surface area contributed by atoms with E-state index < -0.39 is 34.5 Å². The maximum atomic E-state index is 13.5. The molecule has 2 amide bonds. The Hall–Kier alpha value is -2.21. The molecule has 3 N–H and O–H groups in total. The van der Waals surface area contributed by atoms with E-state index in [0.29, 0.717) is 44.7 Å². The number of piperidine rings is 1. The highest BCUT2D eigenvalue weighted by atomic mass is 32.2. The summed E-state index contributed by atoms with van der Waals surface area (Å²) in [5.74, 6) is -0.989. The summed E-state index contributed by atoms with van der Waals surface area (Å²) in [6.45, 7) is 5.58. The largest absolute Gasteiger partial charge is 0.374 e. The van der Waals surface area contributed by atoms with Gasteiger partial charge in [-0.05, 0) is 35.2 Å². The van der Waals surface area contributed by atoms with Crippen molar-refractivity contribution in [2.45, 2.75) is 49.4 Å². The number of primary amides is 1. The lowest BCUT2D eigenvalue weighted by Gasteiger charge is -2.38. The molecule has 34 heavy (non-hydrogen) atoms. The fourth-order valence-corrected chi connectivity index (χ4v) is 9.23. The zero-order valence-electron chi connectivity index (χ0n) is 19.7. The Morgan fingerprint density at radius 1 is 1.18 bits per heavy atom. The second kappa shape index (κ2) is 9.44. The molecule has 3 heterocycles. The number of hydrogen-bond acceptors (Lipinski definition) is 6. The van der Waals surface area contributed by atoms with E-state index in [0.717, 1.165) is 10.9 Å². The van der Waals surface area contributed by atoms with Crippen LogP contribution in [-0.2, 0) is 24.1 Å². The number of carbonyl (C=O) groups is 2. The molecule has 1 atom stereocenters. The number of likely N-dealkylation sites (tertiary alicyclic amines) is 1. The molecule has 0 aliphatic carbocycles. The van der Waals surface area contributed by atoms with Gasteiger partial charge in [-0.15, -0.1) is 0 Å². The summed E-state index contributed by atoms with van der Waals surface area (Å²) in [6, 6.07) is 7.51. The van der Waals surface area contributed by atoms with Crippen molar-refractivity contribution in [1.29, 1.82) is 0 Å². The predicted octanol–water partition coefficient (Wildman–Crippen LogP) is 2.75. The fraction of sp³-hybridized carbons (Fsp3) is 0.565. The van der Waals surface area contributed by atoms with Gasteiger partial charge in [0.15, 0.2) is 29.2 Å². The second-order valence-electron chi connectivity index (χ2n) is 9.87. The third-order valence-electron chi connectivity index (χ3n) is 7.11. The summed E-state index contributed by atoms with van der Waals surface area (Å²) >= 11 is 0. The molecular formula is C23H33N3O6SSi. The van der Waals surface area contributed by atoms with Crippen molar-refractivity contribution in [2.75, 3.05) is 32.1 Å². The van der Waals surface area contributed by atoms with E-state index in [1.807, 2.05) is 18.2 Å². The van der Waals surface area contributed by atoms with Crippen LogP contribution >= 0.6 is 0 Å². The molecule has 186 valence electrons. The first-order valence-electron chi connectivity index (χ1n) is 11.7. The number of fused-ring (bicyclic) bond motifs is 1. The summed E-state index contributed by atoms with van der Waals surface area (Å²) in [5, 5.41) is -0.112. The molecule has 1 aromatic carbocycles. The molecular weight excluding hydrogens is 474 g/mol. The van der Waals surface area contributed by atoms with Gasteiger partial charge in [0.2, 0.25) is 5.91 Å². The van der Waals surface area contributed by atoms with Crippen molar-refractivity contribution < 1.29 is 27.5 Å². The average Bonchev–Trinajstić information content (AvgIpc) is 3.45. The van der Waals surface area contributed by atoms with E-state index in [4.69, 9.17) is 15.2 Å². The van der Waals surface area contributed by atoms with Gasteiger partial charge in [-0.3, -0.25) is 9.59 Å². The number of H-pyrrole nitrogens is 1. The lowest BCUT2D eigenvalue weighted by Crippen LogP contribution is -2.47. The molecule has 2 aliphatic rings. The summed E-state index contributed by atoms with van der Waals surface area (Å²) in [5.41, 5.74) is 6.57. The third-order valence-corrected chi connectivity index (χ3v) is 12.4. The Morgan fingerprint density at radius 3 is 2.50 bits per heavy atom. The Bertz CT molecular complexity index is 1160. The molecule has 2 aliphatic heterocycles. The number of amides is 2. The zero-order chi connectivity index (χ0) is 24.6. The van der Waals surface area contributed by atoms with E-state index in [9.17, 15) is 18.0 Å². The number of aromatic amines is 1. The van der Waals surface area contributed by atoms with Crippen LogP contribution in [0.4, 0.5) is 4.79 Å². The zero-order valence-corrected chi connectivity index (χ0v) is 21.5. The minimum absolute atomic E-state index is 0.147. The van der Waals surface area contributed by atoms with Crippen molar-refractivity contribution in [2.24, 2.45) is 5.73 Å². The number of ether oxygens (including phenoxy) is 2. The number of nitrogens with one attached hydrogen (secondary N) is 1. The van der Waals surface area contributed by atoms with Crippen LogP contribution in [-0.4, -0.2) is 75.7 Å². The minimum atomic E-state index is -3.73. The number of sulfone groups is 1. The van der Waals surface area contributed by atoms with Gasteiger partial charge >= 0.3 is 0 Å². The Balaban J connectivity index is 1.54. The van der Waals surface area contributed by atoms with Crippen LogP contribution in [0, 0.1) is 0 Å². The number of benzene rings is 1. The predicted molar refractivity (Wildman–Crippen MR) is 132 cm³/mol. The molecule has 1 unspecified atom stereocenters. The van der Waals surface area contributed by atoms with Crippen LogP contribution in [0.25, 0.3) is 10.9 Å². The molecule has 0 bridgehead atoms. The molecule has 1 spiro atoms. The number of nitrogens with two attached hydrogens (primary N) is 1. The van der Waals surface area contributed by atoms with E-state index >= 15 is 0 Å². The highest BCUT2D eigenvalue weighted by molar-refractivity contribution is 7.91. The molecule has 2 aromatic rings. The van der Waals surface area contributed by atoms with Crippen LogP contribution in [0.3, 0.4) is 0 Å². The van der Waals surface area contributed by atoms with Gasteiger partial charge in [0, 0.05) is 49.8 Å². The smallest absolute Gasteiger partial charge is 0.224 e. The Labute approximate surface area is 200 Å². The number of nitrogens with zero attached hydrogens (tertiary/aromatic N) is 1. The Kier molecular flexibility index (Phi) is 6.91. The fourth-order valence-electron chi connectivity index (χ4n) is 4.56. The lowest BCUT2D eigenvalue weighted by atomic mass is 10.0. The van der Waals surface area contributed by atoms with Crippen LogP contribution < -0.4 is 5.73 Å². The maximum Gasteiger partial charge on any atom is 0.224 e. The number of carbonyl (C=O) groups excluding carboxylic acids is 2. The van der Waals surface area contributed by atoms with Crippen molar-refractivity contribution in [1.82, 2.24) is 9.88 Å². The van der Waals surface area contributed by atoms with Gasteiger partial charge in [0.1, 0.15) is 0 Å². The van der Waals surface area contributed by atoms with Crippen molar-refractivity contribution >= 4 is 40.3 Å². The number of rotatable bonds is 8. The summed E-state index contributed by atoms with van der Waals surface area (Å²) in [4.78, 5) is 29.9. The van der Waals surface area contributed by atoms with E-state index in [1.54, 1.807) is 30.3 Å². The first-order valence-corrected chi connectivity index (χ1v) is 16.6. The van der Waals surface area contributed by atoms with E-state index in [1.165, 1.54) is 0 Å². The minimum Gasteiger partial charge on any atom is -0.374 e. The average molecular weight is 508 g/mol. The Morgan fingerprint density at radius 2 is 1.85 bits per heavy atom. The first-order chi connectivity index (χ1) is 16.0. The van der Waals surface area contributed by atoms with Gasteiger partial charge in [-0.25, -0.2) is 8.42 Å². The van der Waals surface area contributed by atoms with E-state index in [2.05, 4.69) is 4.98 Å². The highest BCUT2D eigenvalue weighted by Gasteiger charge is 2.42. The van der Waals surface area contributed by atoms with Crippen LogP contribution in [0.2, 0.25) is 19.1 Å². The molecule has 1 aromatic heterocycles. The summed E-state index contributed by atoms with van der Waals surface area (Å²) in [6.07, 6.45) is 2.79. The van der Waals surface area contributed by atoms with Gasteiger partial charge in [-0.2, -0.15) is 0 Å². The monoisotopic (exact) mass is 507 g/mol. The summed E-state index contributed by atoms with van der Waals surface area (Å²) in [7, 11) is -6.26. The highest BCUT2D eigenvalue weighted by Crippen LogP contribution is 2.34. The molecule has 0 radical (unpaired) electrons. The molecule has 9 nitrogen and oxygen atoms in total. The third kappa shape index (κ3) is 5.22. The number of aromatic nitrogens is 1. The van der Waals surface area contributed by atoms with Gasteiger partial charge in [0.25, 0.3) is 0 Å². The van der Waals surface area contributed by atoms with Crippen LogP contribution in [0.1, 0.15) is 30.1 Å². The molecule has 2 fully saturated rings. The molecule has 4 rings (SSSR count). The van der Waals surface area contributed by atoms with E-state index in [-0.39, 0.29) is 24.1 Å². The SMILES string of the molecule is C[Si](C)(CCS(=O)(=O)C(CC(=O)N1CCC2(CC1)OCCO2)c1ccc2[nH]ccc2c1)C(N)=O. The standard InChI is InChI=1S/C23H33N3O6SSi/c1-34(2,22(24)28)14-13-33(29,30)20(18-3-4-19-17(15-18)5-8-25-19)16-21(27)26-9-6-23(7-10-26)31-11-12-32-23/h3-5,8,15,20,25H,6-7,9-14,16H2,1-2H3,(H2,24,28). The quantitative estimate of drug-likeness (QED) is 0.528. The maximum absolute atomic E-state index is 13.5. The van der Waals surface area contributed by atoms with Gasteiger partial charge in [-0.1, -0.05) is 19.2 Å². The van der Waals surface area contributed by atoms with Crippen molar-refractivity contribution in [3.05, 3.63) is 36.0 Å². The lowest BCUT2D eigenvalue weighted by molar-refractivity contribution is -0.187. The molecule has 2 saturated heterocycles. The van der Waals surface area contributed by atoms with Crippen LogP contribution in [0.5, 0.6) is 0 Å². The second-order valence-corrected chi connectivity index (χ2v) is 16.9. The van der Waals surface area contributed by atoms with Gasteiger partial charge in [0.05, 0.1) is 18.5 Å².